The molecule has 0 fully saturated rings. The fourth-order valence-corrected chi connectivity index (χ4v) is 5.16. The van der Waals surface area contributed by atoms with Crippen LogP contribution in [-0.4, -0.2) is 44.7 Å². The van der Waals surface area contributed by atoms with Gasteiger partial charge in [0.25, 0.3) is 27.7 Å². The van der Waals surface area contributed by atoms with E-state index in [0.717, 1.165) is 4.90 Å². The van der Waals surface area contributed by atoms with E-state index in [1.807, 2.05) is 0 Å². The molecule has 8 nitrogen and oxygen atoms in total. The van der Waals surface area contributed by atoms with Crippen LogP contribution in [0.2, 0.25) is 5.02 Å². The molecule has 0 aliphatic carbocycles. The molecule has 3 amide bonds. The van der Waals surface area contributed by atoms with Crippen molar-refractivity contribution < 1.29 is 27.5 Å². The average molecular weight is 485 g/mol. The van der Waals surface area contributed by atoms with Gasteiger partial charge in [0.1, 0.15) is 12.3 Å². The fraction of sp³-hybridized carbons (Fsp3) is 0.0870. The second-order valence-electron chi connectivity index (χ2n) is 7.04. The molecule has 0 bridgehead atoms. The van der Waals surface area contributed by atoms with Gasteiger partial charge in [-0.3, -0.25) is 19.3 Å². The zero-order chi connectivity index (χ0) is 23.8. The van der Waals surface area contributed by atoms with Crippen LogP contribution in [0.3, 0.4) is 0 Å². The summed E-state index contributed by atoms with van der Waals surface area (Å²) in [4.78, 5) is 39.3. The Balaban J connectivity index is 1.76. The molecular formula is C23H17ClN2O6S. The summed E-state index contributed by atoms with van der Waals surface area (Å²) >= 11 is 6.18. The van der Waals surface area contributed by atoms with Crippen molar-refractivity contribution in [3.05, 3.63) is 88.9 Å². The molecule has 168 valence electrons. The van der Waals surface area contributed by atoms with Crippen molar-refractivity contribution in [3.8, 4) is 5.75 Å². The van der Waals surface area contributed by atoms with Crippen molar-refractivity contribution in [1.29, 1.82) is 0 Å². The third kappa shape index (κ3) is 3.96. The van der Waals surface area contributed by atoms with Crippen LogP contribution in [0.15, 0.2) is 77.7 Å². The lowest BCUT2D eigenvalue weighted by atomic mass is 10.1. The monoisotopic (exact) mass is 484 g/mol. The third-order valence-corrected chi connectivity index (χ3v) is 7.11. The Morgan fingerprint density at radius 2 is 1.52 bits per heavy atom. The van der Waals surface area contributed by atoms with E-state index in [-0.39, 0.29) is 32.5 Å². The molecule has 33 heavy (non-hydrogen) atoms. The Morgan fingerprint density at radius 3 is 2.06 bits per heavy atom. The second-order valence-corrected chi connectivity index (χ2v) is 9.23. The quantitative estimate of drug-likeness (QED) is 0.497. The molecule has 0 radical (unpaired) electrons. The van der Waals surface area contributed by atoms with Gasteiger partial charge in [0.2, 0.25) is 0 Å². The number of nitrogens with zero attached hydrogens (tertiary/aromatic N) is 2. The molecule has 0 saturated carbocycles. The summed E-state index contributed by atoms with van der Waals surface area (Å²) in [5.74, 6) is -2.07. The van der Waals surface area contributed by atoms with Crippen LogP contribution in [0.25, 0.3) is 0 Å². The molecule has 4 rings (SSSR count). The van der Waals surface area contributed by atoms with Crippen molar-refractivity contribution in [1.82, 2.24) is 4.90 Å². The summed E-state index contributed by atoms with van der Waals surface area (Å²) in [7, 11) is -3.00. The van der Waals surface area contributed by atoms with Crippen molar-refractivity contribution >= 4 is 45.0 Å². The van der Waals surface area contributed by atoms with Crippen molar-refractivity contribution in [3.63, 3.8) is 0 Å². The topological polar surface area (TPSA) is 101 Å². The van der Waals surface area contributed by atoms with Crippen LogP contribution in [0, 0.1) is 0 Å². The fourth-order valence-electron chi connectivity index (χ4n) is 3.48. The number of ether oxygens (including phenoxy) is 1. The van der Waals surface area contributed by atoms with Gasteiger partial charge in [-0.25, -0.2) is 12.7 Å². The molecule has 0 atom stereocenters. The van der Waals surface area contributed by atoms with Gasteiger partial charge in [-0.1, -0.05) is 41.9 Å². The van der Waals surface area contributed by atoms with Gasteiger partial charge in [-0.05, 0) is 42.5 Å². The standard InChI is InChI=1S/C23H17ClN2O6S/c1-32-20-12-11-15(13-19(20)24)26(33(30,31)16-7-3-2-4-8-16)21(27)14-25-22(28)17-9-5-6-10-18(17)23(25)29/h2-13H,14H2,1H3. The molecule has 0 saturated heterocycles. The third-order valence-electron chi connectivity index (χ3n) is 5.05. The first-order valence-corrected chi connectivity index (χ1v) is 11.5. The average Bonchev–Trinajstić information content (AvgIpc) is 3.05. The predicted octanol–water partition coefficient (Wildman–Crippen LogP) is 3.37. The number of carbonyl (C=O) groups is 3. The smallest absolute Gasteiger partial charge is 0.270 e. The first-order valence-electron chi connectivity index (χ1n) is 9.67. The van der Waals surface area contributed by atoms with E-state index in [1.54, 1.807) is 18.2 Å². The van der Waals surface area contributed by atoms with E-state index >= 15 is 0 Å². The lowest BCUT2D eigenvalue weighted by molar-refractivity contribution is -0.117. The number of methoxy groups -OCH3 is 1. The van der Waals surface area contributed by atoms with E-state index in [1.165, 1.54) is 61.7 Å². The molecule has 0 N–H and O–H groups in total. The highest BCUT2D eigenvalue weighted by atomic mass is 35.5. The summed E-state index contributed by atoms with van der Waals surface area (Å²) in [5.41, 5.74) is 0.242. The van der Waals surface area contributed by atoms with Crippen LogP contribution < -0.4 is 9.04 Å². The van der Waals surface area contributed by atoms with Crippen molar-refractivity contribution in [2.45, 2.75) is 4.90 Å². The highest BCUT2D eigenvalue weighted by Crippen LogP contribution is 2.32. The van der Waals surface area contributed by atoms with Crippen molar-refractivity contribution in [2.75, 3.05) is 18.0 Å². The number of fused-ring (bicyclic) bond motifs is 1. The van der Waals surface area contributed by atoms with E-state index in [0.29, 0.717) is 4.31 Å². The Morgan fingerprint density at radius 1 is 0.939 bits per heavy atom. The largest absolute Gasteiger partial charge is 0.495 e. The highest BCUT2D eigenvalue weighted by Gasteiger charge is 2.39. The highest BCUT2D eigenvalue weighted by molar-refractivity contribution is 7.93. The van der Waals surface area contributed by atoms with E-state index in [4.69, 9.17) is 16.3 Å². The molecular weight excluding hydrogens is 468 g/mol. The number of hydrogen-bond acceptors (Lipinski definition) is 6. The normalized spacial score (nSPS) is 13.1. The maximum atomic E-state index is 13.4. The number of halogens is 1. The van der Waals surface area contributed by atoms with Crippen LogP contribution >= 0.6 is 11.6 Å². The molecule has 0 aromatic heterocycles. The molecule has 10 heteroatoms. The number of anilines is 1. The van der Waals surface area contributed by atoms with E-state index in [9.17, 15) is 22.8 Å². The first-order chi connectivity index (χ1) is 15.8. The number of benzene rings is 3. The number of amides is 3. The number of rotatable bonds is 6. The Bertz CT molecular complexity index is 1340. The minimum absolute atomic E-state index is 0.0636. The maximum absolute atomic E-state index is 13.4. The Hall–Kier alpha value is -3.69. The Labute approximate surface area is 195 Å². The molecule has 3 aromatic rings. The van der Waals surface area contributed by atoms with E-state index < -0.39 is 34.3 Å². The SMILES string of the molecule is COc1ccc(N(C(=O)CN2C(=O)c3ccccc3C2=O)S(=O)(=O)c2ccccc2)cc1Cl. The summed E-state index contributed by atoms with van der Waals surface area (Å²) in [6, 6.07) is 17.5. The van der Waals surface area contributed by atoms with Crippen LogP contribution in [0.4, 0.5) is 5.69 Å². The molecule has 1 aliphatic heterocycles. The van der Waals surface area contributed by atoms with Crippen LogP contribution in [-0.2, 0) is 14.8 Å². The minimum atomic E-state index is -4.40. The Kier molecular flexibility index (Phi) is 5.92. The van der Waals surface area contributed by atoms with Gasteiger partial charge in [-0.2, -0.15) is 0 Å². The summed E-state index contributed by atoms with van der Waals surface area (Å²) in [6.07, 6.45) is 0. The van der Waals surface area contributed by atoms with Crippen LogP contribution in [0.1, 0.15) is 20.7 Å². The minimum Gasteiger partial charge on any atom is -0.495 e. The predicted molar refractivity (Wildman–Crippen MR) is 121 cm³/mol. The molecule has 1 aliphatic rings. The van der Waals surface area contributed by atoms with Gasteiger partial charge in [0, 0.05) is 0 Å². The summed E-state index contributed by atoms with van der Waals surface area (Å²) < 4.78 is 32.5. The van der Waals surface area contributed by atoms with Gasteiger partial charge in [-0.15, -0.1) is 0 Å². The molecule has 0 spiro atoms. The second kappa shape index (κ2) is 8.68. The van der Waals surface area contributed by atoms with E-state index in [2.05, 4.69) is 0 Å². The van der Waals surface area contributed by atoms with Gasteiger partial charge in [0.15, 0.2) is 0 Å². The van der Waals surface area contributed by atoms with Crippen molar-refractivity contribution in [2.24, 2.45) is 0 Å². The summed E-state index contributed by atoms with van der Waals surface area (Å²) in [5, 5.41) is 0.0804. The van der Waals surface area contributed by atoms with Gasteiger partial charge >= 0.3 is 0 Å². The van der Waals surface area contributed by atoms with Gasteiger partial charge < -0.3 is 4.74 Å². The maximum Gasteiger partial charge on any atom is 0.270 e. The number of imide groups is 1. The molecule has 3 aromatic carbocycles. The number of sulfonamides is 1. The molecule has 1 heterocycles. The number of hydrogen-bond donors (Lipinski definition) is 0. The molecule has 0 unspecified atom stereocenters. The number of carbonyl (C=O) groups excluding carboxylic acids is 3. The lowest BCUT2D eigenvalue weighted by Crippen LogP contribution is -2.45. The zero-order valence-corrected chi connectivity index (χ0v) is 18.8. The lowest BCUT2D eigenvalue weighted by Gasteiger charge is -2.25. The summed E-state index contributed by atoms with van der Waals surface area (Å²) in [6.45, 7) is -0.776. The van der Waals surface area contributed by atoms with Gasteiger partial charge in [0.05, 0.1) is 33.8 Å². The first kappa shape index (κ1) is 22.5. The zero-order valence-electron chi connectivity index (χ0n) is 17.3. The van der Waals surface area contributed by atoms with Crippen LogP contribution in [0.5, 0.6) is 5.75 Å².